The Hall–Kier alpha value is -3.39. The number of fused-ring (bicyclic) bond motifs is 1. The highest BCUT2D eigenvalue weighted by molar-refractivity contribution is 7.15. The van der Waals surface area contributed by atoms with Crippen LogP contribution in [0.15, 0.2) is 47.3 Å². The number of para-hydroxylation sites is 1. The molecule has 0 bridgehead atoms. The number of methoxy groups -OCH3 is 2. The minimum atomic E-state index is -0.219. The second-order valence-electron chi connectivity index (χ2n) is 6.85. The number of hydrogen-bond acceptors (Lipinski definition) is 7. The number of aromatic nitrogens is 3. The molecule has 160 valence electrons. The second kappa shape index (κ2) is 9.18. The fourth-order valence-electron chi connectivity index (χ4n) is 3.16. The average molecular weight is 438 g/mol. The molecule has 0 aliphatic carbocycles. The van der Waals surface area contributed by atoms with Crippen LogP contribution in [0, 0.1) is 0 Å². The van der Waals surface area contributed by atoms with Crippen LogP contribution in [0.1, 0.15) is 25.3 Å². The molecule has 0 aliphatic heterocycles. The van der Waals surface area contributed by atoms with Gasteiger partial charge in [0.1, 0.15) is 5.75 Å². The number of rotatable bonds is 8. The maximum atomic E-state index is 12.9. The van der Waals surface area contributed by atoms with E-state index in [0.29, 0.717) is 33.4 Å². The molecular weight excluding hydrogens is 414 g/mol. The fourth-order valence-corrected chi connectivity index (χ4v) is 4.06. The van der Waals surface area contributed by atoms with E-state index in [1.165, 1.54) is 15.9 Å². The first kappa shape index (κ1) is 20.9. The Labute approximate surface area is 183 Å². The first-order chi connectivity index (χ1) is 15.1. The van der Waals surface area contributed by atoms with Crippen molar-refractivity contribution in [3.8, 4) is 28.6 Å². The van der Waals surface area contributed by atoms with Gasteiger partial charge in [0.15, 0.2) is 17.3 Å². The highest BCUT2D eigenvalue weighted by Crippen LogP contribution is 2.31. The largest absolute Gasteiger partial charge is 0.494 e. The van der Waals surface area contributed by atoms with Crippen LogP contribution >= 0.6 is 11.3 Å². The molecule has 7 nitrogen and oxygen atoms in total. The Morgan fingerprint density at radius 2 is 1.90 bits per heavy atom. The molecule has 0 saturated carbocycles. The third-order valence-electron chi connectivity index (χ3n) is 4.78. The zero-order valence-corrected chi connectivity index (χ0v) is 18.4. The van der Waals surface area contributed by atoms with Gasteiger partial charge in [0, 0.05) is 11.1 Å². The van der Waals surface area contributed by atoms with Gasteiger partial charge >= 0.3 is 0 Å². The number of ether oxygens (including phenoxy) is 3. The molecule has 0 unspecified atom stereocenters. The standard InChI is InChI=1S/C23H23N3O4S/c1-4-5-13-30-17-11-9-15(10-12-17)21-24-23-26(25-21)22(27)19(31-23)14-16-7-6-8-18(28-2)20(16)29-3/h6-12,14H,4-5,13H2,1-3H3/b19-14-. The summed E-state index contributed by atoms with van der Waals surface area (Å²) >= 11 is 1.28. The van der Waals surface area contributed by atoms with Crippen LogP contribution in [-0.2, 0) is 0 Å². The molecule has 4 rings (SSSR count). The summed E-state index contributed by atoms with van der Waals surface area (Å²) in [5, 5.41) is 4.41. The summed E-state index contributed by atoms with van der Waals surface area (Å²) in [6.07, 6.45) is 3.88. The first-order valence-corrected chi connectivity index (χ1v) is 10.8. The maximum absolute atomic E-state index is 12.9. The lowest BCUT2D eigenvalue weighted by molar-refractivity contribution is 0.309. The second-order valence-corrected chi connectivity index (χ2v) is 7.86. The Bertz CT molecular complexity index is 1300. The fraction of sp³-hybridized carbons (Fsp3) is 0.261. The SMILES string of the molecule is CCCCOc1ccc(-c2nc3s/c(=C\c4cccc(OC)c4OC)c(=O)n3n2)cc1. The number of hydrogen-bond donors (Lipinski definition) is 0. The van der Waals surface area contributed by atoms with Crippen LogP contribution in [0.4, 0.5) is 0 Å². The van der Waals surface area contributed by atoms with Crippen LogP contribution < -0.4 is 24.3 Å². The first-order valence-electron chi connectivity index (χ1n) is 10.00. The Kier molecular flexibility index (Phi) is 6.18. The molecule has 31 heavy (non-hydrogen) atoms. The Morgan fingerprint density at radius 3 is 2.58 bits per heavy atom. The van der Waals surface area contributed by atoms with Gasteiger partial charge in [0.2, 0.25) is 4.96 Å². The van der Waals surface area contributed by atoms with E-state index in [4.69, 9.17) is 14.2 Å². The molecule has 0 amide bonds. The van der Waals surface area contributed by atoms with Crippen molar-refractivity contribution >= 4 is 22.4 Å². The molecule has 0 saturated heterocycles. The van der Waals surface area contributed by atoms with E-state index in [0.717, 1.165) is 29.7 Å². The van der Waals surface area contributed by atoms with Crippen molar-refractivity contribution < 1.29 is 14.2 Å². The summed E-state index contributed by atoms with van der Waals surface area (Å²) < 4.78 is 18.3. The highest BCUT2D eigenvalue weighted by atomic mass is 32.1. The number of benzene rings is 2. The summed E-state index contributed by atoms with van der Waals surface area (Å²) in [7, 11) is 3.15. The lowest BCUT2D eigenvalue weighted by atomic mass is 10.2. The molecule has 8 heteroatoms. The van der Waals surface area contributed by atoms with Gasteiger partial charge in [-0.1, -0.05) is 36.8 Å². The van der Waals surface area contributed by atoms with Crippen molar-refractivity contribution in [2.75, 3.05) is 20.8 Å². The van der Waals surface area contributed by atoms with Crippen molar-refractivity contribution in [2.45, 2.75) is 19.8 Å². The molecule has 0 atom stereocenters. The molecule has 2 aromatic carbocycles. The number of thiazole rings is 1. The lowest BCUT2D eigenvalue weighted by Crippen LogP contribution is -2.23. The smallest absolute Gasteiger partial charge is 0.291 e. The Balaban J connectivity index is 1.65. The molecule has 0 N–H and O–H groups in total. The number of nitrogens with zero attached hydrogens (tertiary/aromatic N) is 3. The quantitative estimate of drug-likeness (QED) is 0.393. The third kappa shape index (κ3) is 4.25. The van der Waals surface area contributed by atoms with Crippen molar-refractivity contribution in [2.24, 2.45) is 0 Å². The van der Waals surface area contributed by atoms with E-state index in [9.17, 15) is 4.79 Å². The van der Waals surface area contributed by atoms with Gasteiger partial charge in [-0.3, -0.25) is 4.79 Å². The molecule has 0 fully saturated rings. The molecule has 2 aromatic heterocycles. The average Bonchev–Trinajstić information content (AvgIpc) is 3.33. The van der Waals surface area contributed by atoms with Gasteiger partial charge in [0.05, 0.1) is 25.4 Å². The minimum Gasteiger partial charge on any atom is -0.494 e. The van der Waals surface area contributed by atoms with E-state index in [2.05, 4.69) is 17.0 Å². The predicted octanol–water partition coefficient (Wildman–Crippen LogP) is 3.56. The topological polar surface area (TPSA) is 75.0 Å². The zero-order chi connectivity index (χ0) is 21.8. The van der Waals surface area contributed by atoms with Crippen LogP contribution in [0.2, 0.25) is 0 Å². The van der Waals surface area contributed by atoms with Crippen molar-refractivity contribution in [3.63, 3.8) is 0 Å². The molecule has 2 heterocycles. The van der Waals surface area contributed by atoms with E-state index in [1.807, 2.05) is 42.5 Å². The Morgan fingerprint density at radius 1 is 1.10 bits per heavy atom. The van der Waals surface area contributed by atoms with Gasteiger partial charge in [0.25, 0.3) is 5.56 Å². The van der Waals surface area contributed by atoms with Crippen LogP contribution in [0.3, 0.4) is 0 Å². The van der Waals surface area contributed by atoms with Crippen molar-refractivity contribution in [3.05, 3.63) is 62.9 Å². The number of unbranched alkanes of at least 4 members (excludes halogenated alkanes) is 1. The van der Waals surface area contributed by atoms with Crippen LogP contribution in [-0.4, -0.2) is 35.4 Å². The molecule has 4 aromatic rings. The third-order valence-corrected chi connectivity index (χ3v) is 5.74. The van der Waals surface area contributed by atoms with Gasteiger partial charge in [-0.05, 0) is 42.8 Å². The van der Waals surface area contributed by atoms with E-state index >= 15 is 0 Å². The highest BCUT2D eigenvalue weighted by Gasteiger charge is 2.13. The lowest BCUT2D eigenvalue weighted by Gasteiger charge is -2.09. The summed E-state index contributed by atoms with van der Waals surface area (Å²) in [4.78, 5) is 18.0. The van der Waals surface area contributed by atoms with Crippen molar-refractivity contribution in [1.82, 2.24) is 14.6 Å². The zero-order valence-electron chi connectivity index (χ0n) is 17.6. The summed E-state index contributed by atoms with van der Waals surface area (Å²) in [5.41, 5.74) is 1.36. The summed E-state index contributed by atoms with van der Waals surface area (Å²) in [6.45, 7) is 2.83. The van der Waals surface area contributed by atoms with Gasteiger partial charge in [-0.15, -0.1) is 5.10 Å². The van der Waals surface area contributed by atoms with E-state index in [-0.39, 0.29) is 5.56 Å². The molecule has 0 spiro atoms. The van der Waals surface area contributed by atoms with Gasteiger partial charge in [-0.2, -0.15) is 9.50 Å². The normalized spacial score (nSPS) is 11.8. The van der Waals surface area contributed by atoms with Crippen molar-refractivity contribution in [1.29, 1.82) is 0 Å². The monoisotopic (exact) mass is 437 g/mol. The van der Waals surface area contributed by atoms with E-state index in [1.54, 1.807) is 20.3 Å². The van der Waals surface area contributed by atoms with Crippen LogP contribution in [0.25, 0.3) is 22.4 Å². The predicted molar refractivity (Wildman–Crippen MR) is 121 cm³/mol. The van der Waals surface area contributed by atoms with Gasteiger partial charge < -0.3 is 14.2 Å². The van der Waals surface area contributed by atoms with Crippen LogP contribution in [0.5, 0.6) is 17.2 Å². The summed E-state index contributed by atoms with van der Waals surface area (Å²) in [6, 6.07) is 13.1. The molecule has 0 radical (unpaired) electrons. The molecular formula is C23H23N3O4S. The summed E-state index contributed by atoms with van der Waals surface area (Å²) in [5.74, 6) is 2.50. The minimum absolute atomic E-state index is 0.219. The van der Waals surface area contributed by atoms with E-state index < -0.39 is 0 Å². The van der Waals surface area contributed by atoms with Gasteiger partial charge in [-0.25, -0.2) is 0 Å². The molecule has 0 aliphatic rings. The maximum Gasteiger partial charge on any atom is 0.291 e.